The molecule has 2 heterocycles. The lowest BCUT2D eigenvalue weighted by atomic mass is 9.99. The van der Waals surface area contributed by atoms with E-state index in [-0.39, 0.29) is 11.9 Å². The van der Waals surface area contributed by atoms with E-state index in [1.54, 1.807) is 6.92 Å². The van der Waals surface area contributed by atoms with Crippen LogP contribution in [0.1, 0.15) is 43.6 Å². The number of nitrogens with zero attached hydrogens (tertiary/aromatic N) is 4. The first kappa shape index (κ1) is 18.7. The minimum absolute atomic E-state index is 0.190. The molecule has 140 valence electrons. The summed E-state index contributed by atoms with van der Waals surface area (Å²) in [4.78, 5) is 34.2. The summed E-state index contributed by atoms with van der Waals surface area (Å²) in [5.41, 5.74) is 3.61. The van der Waals surface area contributed by atoms with E-state index in [0.29, 0.717) is 11.4 Å². The fourth-order valence-corrected chi connectivity index (χ4v) is 3.13. The van der Waals surface area contributed by atoms with Crippen LogP contribution >= 0.6 is 0 Å². The summed E-state index contributed by atoms with van der Waals surface area (Å²) >= 11 is 0. The van der Waals surface area contributed by atoms with Crippen molar-refractivity contribution in [1.82, 2.24) is 9.97 Å². The highest BCUT2D eigenvalue weighted by Gasteiger charge is 2.41. The highest BCUT2D eigenvalue weighted by atomic mass is 16.2. The van der Waals surface area contributed by atoms with E-state index in [2.05, 4.69) is 34.2 Å². The van der Waals surface area contributed by atoms with Gasteiger partial charge in [0.2, 0.25) is 5.91 Å². The summed E-state index contributed by atoms with van der Waals surface area (Å²) < 4.78 is 0. The molecule has 0 bridgehead atoms. The fraction of sp³-hybridized carbons (Fsp3) is 0.350. The standard InChI is InChI=1S/C20H23N5O2/c1-11(2)15-8-6-7-9-16(15)23-18(26)17-14(5)24-25(19(17)27)20-21-12(3)10-13(4)22-20/h6-11,17H,1-5H3,(H,23,26). The predicted octanol–water partition coefficient (Wildman–Crippen LogP) is 3.19. The normalized spacial score (nSPS) is 16.7. The Morgan fingerprint density at radius 3 is 2.37 bits per heavy atom. The van der Waals surface area contributed by atoms with E-state index in [4.69, 9.17) is 0 Å². The minimum Gasteiger partial charge on any atom is -0.325 e. The van der Waals surface area contributed by atoms with Gasteiger partial charge < -0.3 is 5.32 Å². The third-order valence-electron chi connectivity index (χ3n) is 4.39. The first-order valence-corrected chi connectivity index (χ1v) is 8.89. The Bertz CT molecular complexity index is 915. The minimum atomic E-state index is -0.991. The van der Waals surface area contributed by atoms with E-state index in [9.17, 15) is 9.59 Å². The van der Waals surface area contributed by atoms with Gasteiger partial charge in [-0.05, 0) is 44.4 Å². The zero-order chi connectivity index (χ0) is 19.7. The molecule has 0 radical (unpaired) electrons. The Labute approximate surface area is 158 Å². The number of carbonyl (C=O) groups excluding carboxylic acids is 2. The molecule has 1 unspecified atom stereocenters. The van der Waals surface area contributed by atoms with Gasteiger partial charge in [0, 0.05) is 17.1 Å². The molecule has 7 nitrogen and oxygen atoms in total. The summed E-state index contributed by atoms with van der Waals surface area (Å²) in [6.07, 6.45) is 0. The zero-order valence-electron chi connectivity index (χ0n) is 16.1. The average molecular weight is 365 g/mol. The maximum absolute atomic E-state index is 12.9. The second kappa shape index (κ2) is 7.26. The Hall–Kier alpha value is -3.09. The second-order valence-electron chi connectivity index (χ2n) is 7.01. The highest BCUT2D eigenvalue weighted by Crippen LogP contribution is 2.26. The lowest BCUT2D eigenvalue weighted by Crippen LogP contribution is -2.37. The second-order valence-corrected chi connectivity index (χ2v) is 7.01. The quantitative estimate of drug-likeness (QED) is 0.843. The molecule has 7 heteroatoms. The van der Waals surface area contributed by atoms with Crippen molar-refractivity contribution in [3.05, 3.63) is 47.3 Å². The fourth-order valence-electron chi connectivity index (χ4n) is 3.13. The van der Waals surface area contributed by atoms with Crippen LogP contribution in [0.5, 0.6) is 0 Å². The number of aromatic nitrogens is 2. The number of aryl methyl sites for hydroxylation is 2. The summed E-state index contributed by atoms with van der Waals surface area (Å²) in [6.45, 7) is 9.42. The predicted molar refractivity (Wildman–Crippen MR) is 105 cm³/mol. The molecule has 1 aliphatic rings. The SMILES string of the molecule is CC1=NN(c2nc(C)cc(C)n2)C(=O)C1C(=O)Nc1ccccc1C(C)C. The van der Waals surface area contributed by atoms with E-state index >= 15 is 0 Å². The monoisotopic (exact) mass is 365 g/mol. The van der Waals surface area contributed by atoms with Gasteiger partial charge in [0.15, 0.2) is 5.92 Å². The molecule has 27 heavy (non-hydrogen) atoms. The number of benzene rings is 1. The van der Waals surface area contributed by atoms with E-state index in [0.717, 1.165) is 22.0 Å². The molecule has 2 aromatic rings. The van der Waals surface area contributed by atoms with Gasteiger partial charge in [-0.15, -0.1) is 0 Å². The molecule has 0 fully saturated rings. The molecule has 0 aliphatic carbocycles. The van der Waals surface area contributed by atoms with Crippen LogP contribution in [-0.4, -0.2) is 27.5 Å². The van der Waals surface area contributed by atoms with Crippen LogP contribution in [0.3, 0.4) is 0 Å². The van der Waals surface area contributed by atoms with Crippen LogP contribution in [-0.2, 0) is 9.59 Å². The Morgan fingerprint density at radius 1 is 1.11 bits per heavy atom. The molecule has 1 aromatic heterocycles. The number of para-hydroxylation sites is 1. The number of hydrogen-bond donors (Lipinski definition) is 1. The number of nitrogens with one attached hydrogen (secondary N) is 1. The number of hydrazone groups is 1. The van der Waals surface area contributed by atoms with Crippen LogP contribution in [0.2, 0.25) is 0 Å². The van der Waals surface area contributed by atoms with Gasteiger partial charge in [-0.2, -0.15) is 10.1 Å². The van der Waals surface area contributed by atoms with Crippen LogP contribution in [0.4, 0.5) is 11.6 Å². The molecule has 1 N–H and O–H groups in total. The maximum Gasteiger partial charge on any atom is 0.268 e. The van der Waals surface area contributed by atoms with Crippen molar-refractivity contribution < 1.29 is 9.59 Å². The Kier molecular flexibility index (Phi) is 5.03. The Morgan fingerprint density at radius 2 is 1.74 bits per heavy atom. The molecule has 1 aromatic carbocycles. The topological polar surface area (TPSA) is 87.6 Å². The molecular formula is C20H23N5O2. The van der Waals surface area contributed by atoms with Gasteiger partial charge in [-0.25, -0.2) is 9.97 Å². The first-order chi connectivity index (χ1) is 12.8. The van der Waals surface area contributed by atoms with E-state index in [1.165, 1.54) is 0 Å². The maximum atomic E-state index is 12.9. The van der Waals surface area contributed by atoms with Gasteiger partial charge in [-0.1, -0.05) is 32.0 Å². The number of amides is 2. The molecule has 1 aliphatic heterocycles. The molecule has 2 amide bonds. The molecular weight excluding hydrogens is 342 g/mol. The van der Waals surface area contributed by atoms with Crippen molar-refractivity contribution in [2.75, 3.05) is 10.3 Å². The average Bonchev–Trinajstić information content (AvgIpc) is 2.89. The van der Waals surface area contributed by atoms with Crippen LogP contribution < -0.4 is 10.3 Å². The molecule has 1 atom stereocenters. The van der Waals surface area contributed by atoms with Gasteiger partial charge in [0.25, 0.3) is 11.9 Å². The number of anilines is 2. The van der Waals surface area contributed by atoms with Gasteiger partial charge in [-0.3, -0.25) is 9.59 Å². The summed E-state index contributed by atoms with van der Waals surface area (Å²) in [7, 11) is 0. The molecule has 3 rings (SSSR count). The van der Waals surface area contributed by atoms with Crippen LogP contribution in [0, 0.1) is 19.8 Å². The summed E-state index contributed by atoms with van der Waals surface area (Å²) in [5, 5.41) is 8.24. The van der Waals surface area contributed by atoms with E-state index in [1.807, 2.05) is 44.2 Å². The van der Waals surface area contributed by atoms with Gasteiger partial charge in [0.05, 0.1) is 5.71 Å². The molecule has 0 saturated carbocycles. The number of hydrogen-bond acceptors (Lipinski definition) is 5. The number of carbonyl (C=O) groups is 2. The zero-order valence-corrected chi connectivity index (χ0v) is 16.1. The van der Waals surface area contributed by atoms with Gasteiger partial charge >= 0.3 is 0 Å². The first-order valence-electron chi connectivity index (χ1n) is 8.89. The Balaban J connectivity index is 1.85. The smallest absolute Gasteiger partial charge is 0.268 e. The third kappa shape index (κ3) is 3.72. The van der Waals surface area contributed by atoms with Crippen molar-refractivity contribution in [3.63, 3.8) is 0 Å². The number of rotatable bonds is 4. The van der Waals surface area contributed by atoms with Crippen molar-refractivity contribution >= 4 is 29.2 Å². The molecule has 0 saturated heterocycles. The van der Waals surface area contributed by atoms with Crippen molar-refractivity contribution in [2.45, 2.75) is 40.5 Å². The van der Waals surface area contributed by atoms with Crippen LogP contribution in [0.15, 0.2) is 35.4 Å². The van der Waals surface area contributed by atoms with Crippen molar-refractivity contribution in [2.24, 2.45) is 11.0 Å². The van der Waals surface area contributed by atoms with Crippen molar-refractivity contribution in [1.29, 1.82) is 0 Å². The van der Waals surface area contributed by atoms with Gasteiger partial charge in [0.1, 0.15) is 0 Å². The lowest BCUT2D eigenvalue weighted by molar-refractivity contribution is -0.127. The van der Waals surface area contributed by atoms with E-state index < -0.39 is 17.7 Å². The highest BCUT2D eigenvalue weighted by molar-refractivity contribution is 6.28. The largest absolute Gasteiger partial charge is 0.325 e. The van der Waals surface area contributed by atoms with Crippen LogP contribution in [0.25, 0.3) is 0 Å². The summed E-state index contributed by atoms with van der Waals surface area (Å²) in [6, 6.07) is 9.40. The third-order valence-corrected chi connectivity index (χ3v) is 4.39. The summed E-state index contributed by atoms with van der Waals surface area (Å²) in [5.74, 6) is -1.40. The molecule has 0 spiro atoms. The lowest BCUT2D eigenvalue weighted by Gasteiger charge is -2.16. The van der Waals surface area contributed by atoms with Crippen molar-refractivity contribution in [3.8, 4) is 0 Å².